The van der Waals surface area contributed by atoms with Crippen molar-refractivity contribution in [2.45, 2.75) is 19.3 Å². The van der Waals surface area contributed by atoms with Gasteiger partial charge < -0.3 is 5.32 Å². The van der Waals surface area contributed by atoms with Crippen molar-refractivity contribution < 1.29 is 9.72 Å². The van der Waals surface area contributed by atoms with E-state index in [2.05, 4.69) is 5.32 Å². The molecular formula is C16H16N2O3. The maximum atomic E-state index is 12.4. The fourth-order valence-corrected chi connectivity index (χ4v) is 1.97. The number of carbonyl (C=O) groups is 1. The molecule has 0 bridgehead atoms. The molecule has 0 aliphatic carbocycles. The van der Waals surface area contributed by atoms with Crippen LogP contribution in [0.1, 0.15) is 19.4 Å². The molecule has 0 aliphatic heterocycles. The molecule has 0 radical (unpaired) electrons. The van der Waals surface area contributed by atoms with Crippen LogP contribution in [-0.2, 0) is 10.2 Å². The van der Waals surface area contributed by atoms with Crippen molar-refractivity contribution in [1.29, 1.82) is 0 Å². The van der Waals surface area contributed by atoms with E-state index in [4.69, 9.17) is 0 Å². The highest BCUT2D eigenvalue weighted by Crippen LogP contribution is 2.25. The van der Waals surface area contributed by atoms with Gasteiger partial charge in [0.15, 0.2) is 0 Å². The Morgan fingerprint density at radius 1 is 1.10 bits per heavy atom. The lowest BCUT2D eigenvalue weighted by atomic mass is 9.83. The molecule has 5 nitrogen and oxygen atoms in total. The van der Waals surface area contributed by atoms with Gasteiger partial charge in [-0.05, 0) is 25.5 Å². The first-order valence-corrected chi connectivity index (χ1v) is 6.52. The Bertz CT molecular complexity index is 666. The highest BCUT2D eigenvalue weighted by molar-refractivity contribution is 5.98. The number of amides is 1. The number of carbonyl (C=O) groups excluding carboxylic acids is 1. The summed E-state index contributed by atoms with van der Waals surface area (Å²) in [7, 11) is 0. The molecule has 2 aromatic rings. The van der Waals surface area contributed by atoms with E-state index in [-0.39, 0.29) is 11.6 Å². The van der Waals surface area contributed by atoms with Crippen LogP contribution in [0.25, 0.3) is 0 Å². The van der Waals surface area contributed by atoms with Gasteiger partial charge in [-0.1, -0.05) is 36.4 Å². The topological polar surface area (TPSA) is 72.2 Å². The quantitative estimate of drug-likeness (QED) is 0.689. The van der Waals surface area contributed by atoms with Crippen LogP contribution in [0.3, 0.4) is 0 Å². The van der Waals surface area contributed by atoms with Gasteiger partial charge in [-0.25, -0.2) is 0 Å². The second-order valence-electron chi connectivity index (χ2n) is 5.25. The van der Waals surface area contributed by atoms with Gasteiger partial charge >= 0.3 is 0 Å². The number of nitrogens with one attached hydrogen (secondary N) is 1. The second-order valence-corrected chi connectivity index (χ2v) is 5.25. The third-order valence-electron chi connectivity index (χ3n) is 3.38. The molecule has 2 rings (SSSR count). The molecule has 0 unspecified atom stereocenters. The summed E-state index contributed by atoms with van der Waals surface area (Å²) in [5, 5.41) is 13.5. The van der Waals surface area contributed by atoms with Gasteiger partial charge in [0.1, 0.15) is 0 Å². The molecule has 0 saturated carbocycles. The number of hydrogen-bond donors (Lipinski definition) is 1. The van der Waals surface area contributed by atoms with Crippen molar-refractivity contribution >= 4 is 17.3 Å². The largest absolute Gasteiger partial charge is 0.325 e. The molecule has 0 heterocycles. The first kappa shape index (κ1) is 14.7. The fraction of sp³-hybridized carbons (Fsp3) is 0.188. The van der Waals surface area contributed by atoms with Crippen molar-refractivity contribution in [2.75, 3.05) is 5.32 Å². The Hall–Kier alpha value is -2.69. The lowest BCUT2D eigenvalue weighted by molar-refractivity contribution is -0.384. The van der Waals surface area contributed by atoms with E-state index in [9.17, 15) is 14.9 Å². The number of rotatable bonds is 4. The third kappa shape index (κ3) is 3.25. The number of benzene rings is 2. The summed E-state index contributed by atoms with van der Waals surface area (Å²) in [5.74, 6) is -0.214. The van der Waals surface area contributed by atoms with E-state index in [1.54, 1.807) is 12.1 Å². The Morgan fingerprint density at radius 2 is 1.76 bits per heavy atom. The molecule has 5 heteroatoms. The minimum absolute atomic E-state index is 0.0506. The van der Waals surface area contributed by atoms with Crippen LogP contribution in [0, 0.1) is 10.1 Å². The minimum atomic E-state index is -0.730. The van der Waals surface area contributed by atoms with E-state index in [0.29, 0.717) is 5.69 Å². The van der Waals surface area contributed by atoms with Crippen LogP contribution in [0.2, 0.25) is 0 Å². The smallest absolute Gasteiger partial charge is 0.271 e. The molecule has 0 spiro atoms. The van der Waals surface area contributed by atoms with Crippen molar-refractivity contribution in [1.82, 2.24) is 0 Å². The van der Waals surface area contributed by atoms with E-state index < -0.39 is 10.3 Å². The molecule has 108 valence electrons. The lowest BCUT2D eigenvalue weighted by Crippen LogP contribution is -2.34. The fourth-order valence-electron chi connectivity index (χ4n) is 1.97. The maximum Gasteiger partial charge on any atom is 0.271 e. The monoisotopic (exact) mass is 284 g/mol. The van der Waals surface area contributed by atoms with Crippen molar-refractivity contribution in [3.63, 3.8) is 0 Å². The van der Waals surface area contributed by atoms with Gasteiger partial charge in [-0.2, -0.15) is 0 Å². The molecule has 0 fully saturated rings. The van der Waals surface area contributed by atoms with E-state index in [1.165, 1.54) is 12.1 Å². The number of anilines is 1. The average Bonchev–Trinajstić information content (AvgIpc) is 2.48. The summed E-state index contributed by atoms with van der Waals surface area (Å²) in [6, 6.07) is 15.3. The lowest BCUT2D eigenvalue weighted by Gasteiger charge is -2.24. The zero-order valence-corrected chi connectivity index (χ0v) is 11.9. The van der Waals surface area contributed by atoms with Crippen molar-refractivity contribution in [2.24, 2.45) is 0 Å². The summed E-state index contributed by atoms with van der Waals surface area (Å²) < 4.78 is 0. The first-order chi connectivity index (χ1) is 9.91. The van der Waals surface area contributed by atoms with Gasteiger partial charge in [0, 0.05) is 17.8 Å². The molecule has 2 aromatic carbocycles. The number of nitrogens with zero attached hydrogens (tertiary/aromatic N) is 1. The van der Waals surface area contributed by atoms with Gasteiger partial charge in [-0.3, -0.25) is 14.9 Å². The SMILES string of the molecule is CC(C)(C(=O)Nc1cccc([N+](=O)[O-])c1)c1ccccc1. The van der Waals surface area contributed by atoms with E-state index in [0.717, 1.165) is 5.56 Å². The van der Waals surface area contributed by atoms with Gasteiger partial charge in [0.05, 0.1) is 10.3 Å². The molecule has 1 N–H and O–H groups in total. The molecule has 1 amide bonds. The van der Waals surface area contributed by atoms with Crippen LogP contribution in [0.4, 0.5) is 11.4 Å². The predicted octanol–water partition coefficient (Wildman–Crippen LogP) is 3.51. The Kier molecular flexibility index (Phi) is 4.03. The van der Waals surface area contributed by atoms with Crippen molar-refractivity contribution in [3.8, 4) is 0 Å². The first-order valence-electron chi connectivity index (χ1n) is 6.52. The summed E-state index contributed by atoms with van der Waals surface area (Å²) >= 11 is 0. The van der Waals surface area contributed by atoms with Crippen LogP contribution >= 0.6 is 0 Å². The van der Waals surface area contributed by atoms with E-state index in [1.807, 2.05) is 44.2 Å². The van der Waals surface area contributed by atoms with Crippen molar-refractivity contribution in [3.05, 3.63) is 70.3 Å². The Morgan fingerprint density at radius 3 is 2.38 bits per heavy atom. The summed E-state index contributed by atoms with van der Waals surface area (Å²) in [6.07, 6.45) is 0. The van der Waals surface area contributed by atoms with Gasteiger partial charge in [-0.15, -0.1) is 0 Å². The summed E-state index contributed by atoms with van der Waals surface area (Å²) in [6.45, 7) is 3.63. The molecule has 0 aromatic heterocycles. The maximum absolute atomic E-state index is 12.4. The number of hydrogen-bond acceptors (Lipinski definition) is 3. The number of non-ortho nitro benzene ring substituents is 1. The zero-order valence-electron chi connectivity index (χ0n) is 11.9. The normalized spacial score (nSPS) is 11.0. The summed E-state index contributed by atoms with van der Waals surface area (Å²) in [4.78, 5) is 22.7. The Labute approximate surface area is 122 Å². The molecule has 0 saturated heterocycles. The molecule has 0 atom stereocenters. The third-order valence-corrected chi connectivity index (χ3v) is 3.38. The standard InChI is InChI=1S/C16H16N2O3/c1-16(2,12-7-4-3-5-8-12)15(19)17-13-9-6-10-14(11-13)18(20)21/h3-11H,1-2H3,(H,17,19). The molecular weight excluding hydrogens is 268 g/mol. The van der Waals surface area contributed by atoms with Crippen LogP contribution < -0.4 is 5.32 Å². The van der Waals surface area contributed by atoms with Crippen LogP contribution in [0.15, 0.2) is 54.6 Å². The highest BCUT2D eigenvalue weighted by Gasteiger charge is 2.29. The summed E-state index contributed by atoms with van der Waals surface area (Å²) in [5.41, 5.74) is 0.516. The van der Waals surface area contributed by atoms with Crippen LogP contribution in [-0.4, -0.2) is 10.8 Å². The molecule has 21 heavy (non-hydrogen) atoms. The Balaban J connectivity index is 2.21. The minimum Gasteiger partial charge on any atom is -0.325 e. The molecule has 0 aliphatic rings. The zero-order chi connectivity index (χ0) is 15.5. The number of nitro benzene ring substituents is 1. The number of nitro groups is 1. The predicted molar refractivity (Wildman–Crippen MR) is 81.2 cm³/mol. The van der Waals surface area contributed by atoms with Gasteiger partial charge in [0.2, 0.25) is 5.91 Å². The average molecular weight is 284 g/mol. The highest BCUT2D eigenvalue weighted by atomic mass is 16.6. The van der Waals surface area contributed by atoms with Crippen LogP contribution in [0.5, 0.6) is 0 Å². The van der Waals surface area contributed by atoms with Gasteiger partial charge in [0.25, 0.3) is 5.69 Å². The second kappa shape index (κ2) is 5.75. The van der Waals surface area contributed by atoms with E-state index >= 15 is 0 Å².